The van der Waals surface area contributed by atoms with Crippen molar-refractivity contribution < 1.29 is 19.1 Å². The van der Waals surface area contributed by atoms with Crippen LogP contribution >= 0.6 is 0 Å². The summed E-state index contributed by atoms with van der Waals surface area (Å²) in [6.07, 6.45) is 2.36. The van der Waals surface area contributed by atoms with Crippen molar-refractivity contribution in [3.05, 3.63) is 53.3 Å². The molecule has 0 radical (unpaired) electrons. The summed E-state index contributed by atoms with van der Waals surface area (Å²) in [5.74, 6) is -1.34. The lowest BCUT2D eigenvalue weighted by molar-refractivity contribution is -0.138. The molecule has 3 N–H and O–H groups in total. The van der Waals surface area contributed by atoms with Gasteiger partial charge in [-0.15, -0.1) is 0 Å². The number of halogens is 1. The molecule has 1 saturated carbocycles. The minimum absolute atomic E-state index is 0.0107. The quantitative estimate of drug-likeness (QED) is 0.783. The third-order valence-electron chi connectivity index (χ3n) is 5.92. The summed E-state index contributed by atoms with van der Waals surface area (Å²) >= 11 is 0. The summed E-state index contributed by atoms with van der Waals surface area (Å²) in [4.78, 5) is 27.5. The van der Waals surface area contributed by atoms with Gasteiger partial charge >= 0.3 is 5.97 Å². The summed E-state index contributed by atoms with van der Waals surface area (Å²) in [5, 5.41) is 8.91. The van der Waals surface area contributed by atoms with E-state index in [4.69, 9.17) is 10.8 Å². The molecule has 152 valence electrons. The predicted molar refractivity (Wildman–Crippen MR) is 109 cm³/mol. The van der Waals surface area contributed by atoms with Crippen LogP contribution in [0.1, 0.15) is 30.4 Å². The van der Waals surface area contributed by atoms with E-state index in [9.17, 15) is 14.0 Å². The Morgan fingerprint density at radius 3 is 2.48 bits per heavy atom. The third kappa shape index (κ3) is 3.15. The van der Waals surface area contributed by atoms with Gasteiger partial charge in [0, 0.05) is 19.8 Å². The number of benzene rings is 2. The van der Waals surface area contributed by atoms with E-state index in [0.29, 0.717) is 18.5 Å². The predicted octanol–water partition coefficient (Wildman–Crippen LogP) is 2.95. The molecule has 1 aliphatic carbocycles. The first-order chi connectivity index (χ1) is 13.7. The number of carboxylic acids is 1. The molecule has 2 aromatic carbocycles. The minimum atomic E-state index is -1.01. The highest BCUT2D eigenvalue weighted by atomic mass is 19.1. The fourth-order valence-electron chi connectivity index (χ4n) is 4.02. The highest BCUT2D eigenvalue weighted by Gasteiger charge is 2.59. The summed E-state index contributed by atoms with van der Waals surface area (Å²) in [7, 11) is 3.55. The largest absolute Gasteiger partial charge is 0.480 e. The highest BCUT2D eigenvalue weighted by molar-refractivity contribution is 6.15. The molecule has 2 aromatic rings. The minimum Gasteiger partial charge on any atom is -0.480 e. The van der Waals surface area contributed by atoms with Gasteiger partial charge in [0.05, 0.1) is 16.8 Å². The molecule has 0 aromatic heterocycles. The topological polar surface area (TPSA) is 86.9 Å². The third-order valence-corrected chi connectivity index (χ3v) is 5.92. The number of carbonyl (C=O) groups is 2. The number of nitrogens with two attached hydrogens (primary N) is 1. The molecule has 1 atom stereocenters. The van der Waals surface area contributed by atoms with Crippen LogP contribution in [0.5, 0.6) is 0 Å². The number of carboxylic acid groups (broad SMARTS) is 1. The van der Waals surface area contributed by atoms with E-state index in [2.05, 4.69) is 0 Å². The van der Waals surface area contributed by atoms with Gasteiger partial charge in [-0.05, 0) is 61.1 Å². The van der Waals surface area contributed by atoms with E-state index in [1.165, 1.54) is 6.07 Å². The Hall–Kier alpha value is -2.93. The normalized spacial score (nSPS) is 17.4. The zero-order valence-corrected chi connectivity index (χ0v) is 16.5. The van der Waals surface area contributed by atoms with Crippen molar-refractivity contribution in [2.45, 2.75) is 37.1 Å². The van der Waals surface area contributed by atoms with Crippen molar-refractivity contribution in [2.75, 3.05) is 23.9 Å². The molecule has 1 heterocycles. The number of hydrogen-bond donors (Lipinski definition) is 2. The molecule has 1 aliphatic heterocycles. The number of fused-ring (bicyclic) bond motifs is 2. The van der Waals surface area contributed by atoms with Gasteiger partial charge in [-0.3, -0.25) is 14.5 Å². The molecule has 0 unspecified atom stereocenters. The van der Waals surface area contributed by atoms with Crippen LogP contribution in [0.3, 0.4) is 0 Å². The van der Waals surface area contributed by atoms with Crippen molar-refractivity contribution >= 4 is 28.9 Å². The van der Waals surface area contributed by atoms with Crippen LogP contribution in [0.15, 0.2) is 36.4 Å². The Kier molecular flexibility index (Phi) is 4.58. The molecular formula is C22H24FN3O3. The lowest BCUT2D eigenvalue weighted by Gasteiger charge is -2.21. The number of rotatable bonds is 6. The molecule has 0 bridgehead atoms. The lowest BCUT2D eigenvalue weighted by atomic mass is 9.97. The number of anilines is 3. The lowest BCUT2D eigenvalue weighted by Crippen LogP contribution is -2.30. The molecule has 1 fully saturated rings. The average molecular weight is 397 g/mol. The average Bonchev–Trinajstić information content (AvgIpc) is 3.45. The number of hydrogen-bond acceptors (Lipinski definition) is 4. The smallest absolute Gasteiger partial charge is 0.320 e. The highest BCUT2D eigenvalue weighted by Crippen LogP contribution is 2.59. The van der Waals surface area contributed by atoms with Gasteiger partial charge in [-0.25, -0.2) is 4.39 Å². The van der Waals surface area contributed by atoms with Crippen molar-refractivity contribution in [1.82, 2.24) is 0 Å². The van der Waals surface area contributed by atoms with Gasteiger partial charge in [0.1, 0.15) is 11.9 Å². The fraction of sp³-hybridized carbons (Fsp3) is 0.364. The van der Waals surface area contributed by atoms with Crippen LogP contribution in [0.4, 0.5) is 21.5 Å². The Balaban J connectivity index is 1.65. The number of amides is 1. The molecular weight excluding hydrogens is 373 g/mol. The zero-order chi connectivity index (χ0) is 20.9. The SMILES string of the molecule is CN(C)c1cc2c(cc1F)C1(CC1)C(=O)N2c1ccc(CC[C@H](N)C(=O)O)cc1. The molecule has 0 saturated heterocycles. The first-order valence-electron chi connectivity index (χ1n) is 9.68. The monoisotopic (exact) mass is 397 g/mol. The standard InChI is InChI=1S/C22H24FN3O3/c1-25(2)19-12-18-15(11-16(19)23)22(9-10-22)21(29)26(18)14-6-3-13(4-7-14)5-8-17(24)20(27)28/h3-4,6-7,11-12,17H,5,8-10,24H2,1-2H3,(H,27,28)/t17-/m0/s1. The van der Waals surface area contributed by atoms with Gasteiger partial charge in [-0.2, -0.15) is 0 Å². The molecule has 7 heteroatoms. The number of aliphatic carboxylic acids is 1. The summed E-state index contributed by atoms with van der Waals surface area (Å²) in [6.45, 7) is 0. The number of nitrogens with zero attached hydrogens (tertiary/aromatic N) is 2. The Morgan fingerprint density at radius 2 is 1.93 bits per heavy atom. The van der Waals surface area contributed by atoms with Crippen molar-refractivity contribution in [1.29, 1.82) is 0 Å². The second kappa shape index (κ2) is 6.84. The first-order valence-corrected chi connectivity index (χ1v) is 9.68. The number of carbonyl (C=O) groups excluding carboxylic acids is 1. The van der Waals surface area contributed by atoms with Crippen molar-refractivity contribution in [2.24, 2.45) is 5.73 Å². The molecule has 1 spiro atoms. The summed E-state index contributed by atoms with van der Waals surface area (Å²) < 4.78 is 14.6. The van der Waals surface area contributed by atoms with E-state index < -0.39 is 17.4 Å². The second-order valence-electron chi connectivity index (χ2n) is 8.09. The van der Waals surface area contributed by atoms with Crippen molar-refractivity contribution in [3.8, 4) is 0 Å². The van der Waals surface area contributed by atoms with E-state index in [0.717, 1.165) is 35.3 Å². The van der Waals surface area contributed by atoms with Crippen LogP contribution in [-0.2, 0) is 21.4 Å². The Labute approximate surface area is 168 Å². The molecule has 1 amide bonds. The zero-order valence-electron chi connectivity index (χ0n) is 16.5. The maximum Gasteiger partial charge on any atom is 0.320 e. The van der Waals surface area contributed by atoms with Gasteiger partial charge in [0.25, 0.3) is 0 Å². The van der Waals surface area contributed by atoms with Gasteiger partial charge < -0.3 is 15.7 Å². The Morgan fingerprint density at radius 1 is 1.28 bits per heavy atom. The van der Waals surface area contributed by atoms with Crippen LogP contribution < -0.4 is 15.5 Å². The van der Waals surface area contributed by atoms with Gasteiger partial charge in [0.15, 0.2) is 0 Å². The fourth-order valence-corrected chi connectivity index (χ4v) is 4.02. The van der Waals surface area contributed by atoms with Crippen molar-refractivity contribution in [3.63, 3.8) is 0 Å². The maximum absolute atomic E-state index is 14.6. The van der Waals surface area contributed by atoms with Crippen LogP contribution in [0.25, 0.3) is 0 Å². The van der Waals surface area contributed by atoms with Crippen LogP contribution in [0.2, 0.25) is 0 Å². The summed E-state index contributed by atoms with van der Waals surface area (Å²) in [5.41, 5.74) is 8.59. The van der Waals surface area contributed by atoms with E-state index in [-0.39, 0.29) is 11.7 Å². The van der Waals surface area contributed by atoms with E-state index in [1.807, 2.05) is 24.3 Å². The summed E-state index contributed by atoms with van der Waals surface area (Å²) in [6, 6.07) is 9.83. The van der Waals surface area contributed by atoms with Crippen LogP contribution in [0, 0.1) is 5.82 Å². The molecule has 6 nitrogen and oxygen atoms in total. The number of aryl methyl sites for hydroxylation is 1. The molecule has 4 rings (SSSR count). The molecule has 2 aliphatic rings. The van der Waals surface area contributed by atoms with E-state index in [1.54, 1.807) is 30.0 Å². The van der Waals surface area contributed by atoms with Crippen LogP contribution in [-0.4, -0.2) is 37.1 Å². The maximum atomic E-state index is 14.6. The molecule has 29 heavy (non-hydrogen) atoms. The van der Waals surface area contributed by atoms with Gasteiger partial charge in [-0.1, -0.05) is 12.1 Å². The van der Waals surface area contributed by atoms with E-state index >= 15 is 0 Å². The second-order valence-corrected chi connectivity index (χ2v) is 8.09. The Bertz CT molecular complexity index is 984. The first kappa shape index (κ1) is 19.4. The van der Waals surface area contributed by atoms with Gasteiger partial charge in [0.2, 0.25) is 5.91 Å².